The van der Waals surface area contributed by atoms with Crippen molar-refractivity contribution in [3.05, 3.63) is 28.8 Å². The van der Waals surface area contributed by atoms with Crippen molar-refractivity contribution < 1.29 is 29.3 Å². The van der Waals surface area contributed by atoms with Crippen LogP contribution in [0.5, 0.6) is 5.75 Å². The van der Waals surface area contributed by atoms with Gasteiger partial charge in [0.05, 0.1) is 0 Å². The molecule has 0 aromatic heterocycles. The lowest BCUT2D eigenvalue weighted by molar-refractivity contribution is -0.142. The van der Waals surface area contributed by atoms with E-state index in [0.29, 0.717) is 5.56 Å². The van der Waals surface area contributed by atoms with Crippen molar-refractivity contribution in [2.75, 3.05) is 0 Å². The second-order valence-electron chi connectivity index (χ2n) is 4.97. The van der Waals surface area contributed by atoms with Gasteiger partial charge in [-0.15, -0.1) is 0 Å². The smallest absolute Gasteiger partial charge is 0.342 e. The summed E-state index contributed by atoms with van der Waals surface area (Å²) in [4.78, 5) is 22.7. The van der Waals surface area contributed by atoms with Crippen molar-refractivity contribution in [2.45, 2.75) is 39.1 Å². The highest BCUT2D eigenvalue weighted by molar-refractivity contribution is 5.96. The van der Waals surface area contributed by atoms with Gasteiger partial charge in [-0.25, -0.2) is 4.79 Å². The molecule has 2 rings (SSSR count). The lowest BCUT2D eigenvalue weighted by Crippen LogP contribution is -2.43. The van der Waals surface area contributed by atoms with Crippen molar-refractivity contribution in [2.24, 2.45) is 0 Å². The van der Waals surface area contributed by atoms with Gasteiger partial charge in [-0.2, -0.15) is 0 Å². The molecule has 0 fully saturated rings. The fourth-order valence-corrected chi connectivity index (χ4v) is 2.11. The molecular weight excluding hydrogens is 264 g/mol. The summed E-state index contributed by atoms with van der Waals surface area (Å²) < 4.78 is 9.83. The van der Waals surface area contributed by atoms with Crippen molar-refractivity contribution >= 4 is 11.9 Å². The SMILES string of the molecule is CC(=O)OCc1ccc2c(c1O)C(=O)OC(C)C2(C)O. The molecule has 108 valence electrons. The number of ether oxygens (including phenoxy) is 2. The zero-order valence-electron chi connectivity index (χ0n) is 11.5. The summed E-state index contributed by atoms with van der Waals surface area (Å²) in [6.07, 6.45) is -0.721. The van der Waals surface area contributed by atoms with E-state index in [1.165, 1.54) is 26.0 Å². The van der Waals surface area contributed by atoms with Crippen LogP contribution in [0, 0.1) is 0 Å². The van der Waals surface area contributed by atoms with E-state index in [0.717, 1.165) is 0 Å². The van der Waals surface area contributed by atoms with Gasteiger partial charge in [-0.1, -0.05) is 12.1 Å². The number of carbonyl (C=O) groups excluding carboxylic acids is 2. The number of cyclic esters (lactones) is 1. The van der Waals surface area contributed by atoms with Crippen LogP contribution in [0.15, 0.2) is 12.1 Å². The quantitative estimate of drug-likeness (QED) is 0.791. The molecule has 1 heterocycles. The number of fused-ring (bicyclic) bond motifs is 1. The normalized spacial score (nSPS) is 24.8. The van der Waals surface area contributed by atoms with Crippen LogP contribution in [0.3, 0.4) is 0 Å². The number of rotatable bonds is 2. The van der Waals surface area contributed by atoms with Gasteiger partial charge in [0.2, 0.25) is 0 Å². The first-order chi connectivity index (χ1) is 9.25. The number of hydrogen-bond donors (Lipinski definition) is 2. The number of phenolic OH excluding ortho intramolecular Hbond substituents is 1. The van der Waals surface area contributed by atoms with E-state index < -0.39 is 23.6 Å². The highest BCUT2D eigenvalue weighted by Gasteiger charge is 2.43. The molecule has 0 spiro atoms. The Labute approximate surface area is 115 Å². The van der Waals surface area contributed by atoms with Crippen LogP contribution in [-0.4, -0.2) is 28.3 Å². The van der Waals surface area contributed by atoms with E-state index in [-0.39, 0.29) is 23.5 Å². The van der Waals surface area contributed by atoms with E-state index in [4.69, 9.17) is 9.47 Å². The third kappa shape index (κ3) is 2.22. The highest BCUT2D eigenvalue weighted by atomic mass is 16.6. The van der Waals surface area contributed by atoms with Crippen molar-refractivity contribution in [1.82, 2.24) is 0 Å². The Kier molecular flexibility index (Phi) is 3.43. The largest absolute Gasteiger partial charge is 0.507 e. The first-order valence-corrected chi connectivity index (χ1v) is 6.17. The monoisotopic (exact) mass is 280 g/mol. The van der Waals surface area contributed by atoms with Gasteiger partial charge in [0.1, 0.15) is 29.6 Å². The summed E-state index contributed by atoms with van der Waals surface area (Å²) in [5.41, 5.74) is -0.898. The zero-order valence-corrected chi connectivity index (χ0v) is 11.5. The molecule has 0 saturated carbocycles. The molecule has 0 amide bonds. The predicted molar refractivity (Wildman–Crippen MR) is 68.0 cm³/mol. The molecule has 0 aliphatic carbocycles. The zero-order chi connectivity index (χ0) is 15.1. The van der Waals surface area contributed by atoms with Gasteiger partial charge in [0, 0.05) is 18.1 Å². The van der Waals surface area contributed by atoms with E-state index in [9.17, 15) is 19.8 Å². The molecule has 20 heavy (non-hydrogen) atoms. The molecule has 2 N–H and O–H groups in total. The first-order valence-electron chi connectivity index (χ1n) is 6.17. The number of hydrogen-bond acceptors (Lipinski definition) is 6. The summed E-state index contributed by atoms with van der Waals surface area (Å²) in [6.45, 7) is 4.17. The topological polar surface area (TPSA) is 93.1 Å². The van der Waals surface area contributed by atoms with Gasteiger partial charge in [0.25, 0.3) is 0 Å². The minimum absolute atomic E-state index is 0.0854. The maximum Gasteiger partial charge on any atom is 0.342 e. The van der Waals surface area contributed by atoms with E-state index in [2.05, 4.69) is 0 Å². The maximum atomic E-state index is 11.9. The molecule has 2 unspecified atom stereocenters. The summed E-state index contributed by atoms with van der Waals surface area (Å²) in [5, 5.41) is 20.5. The second kappa shape index (κ2) is 4.79. The van der Waals surface area contributed by atoms with Gasteiger partial charge in [-0.05, 0) is 13.8 Å². The van der Waals surface area contributed by atoms with Crippen LogP contribution >= 0.6 is 0 Å². The van der Waals surface area contributed by atoms with E-state index in [1.54, 1.807) is 6.92 Å². The van der Waals surface area contributed by atoms with Crippen LogP contribution < -0.4 is 0 Å². The van der Waals surface area contributed by atoms with Crippen LogP contribution in [0.1, 0.15) is 42.3 Å². The summed E-state index contributed by atoms with van der Waals surface area (Å²) >= 11 is 0. The number of esters is 2. The Morgan fingerprint density at radius 1 is 1.50 bits per heavy atom. The molecule has 0 bridgehead atoms. The summed E-state index contributed by atoms with van der Waals surface area (Å²) in [7, 11) is 0. The molecule has 1 aliphatic heterocycles. The Hall–Kier alpha value is -2.08. The van der Waals surface area contributed by atoms with Crippen LogP contribution in [-0.2, 0) is 26.5 Å². The van der Waals surface area contributed by atoms with E-state index >= 15 is 0 Å². The minimum Gasteiger partial charge on any atom is -0.507 e. The highest BCUT2D eigenvalue weighted by Crippen LogP contribution is 2.40. The molecule has 6 heteroatoms. The fraction of sp³-hybridized carbons (Fsp3) is 0.429. The minimum atomic E-state index is -1.39. The summed E-state index contributed by atoms with van der Waals surface area (Å²) in [6, 6.07) is 3.04. The number of phenols is 1. The molecule has 1 aromatic rings. The fourth-order valence-electron chi connectivity index (χ4n) is 2.11. The van der Waals surface area contributed by atoms with Crippen molar-refractivity contribution in [3.63, 3.8) is 0 Å². The Bertz CT molecular complexity index is 575. The van der Waals surface area contributed by atoms with Crippen LogP contribution in [0.25, 0.3) is 0 Å². The molecule has 2 atom stereocenters. The van der Waals surface area contributed by atoms with Crippen molar-refractivity contribution in [3.8, 4) is 5.75 Å². The van der Waals surface area contributed by atoms with E-state index in [1.807, 2.05) is 0 Å². The maximum absolute atomic E-state index is 11.9. The standard InChI is InChI=1S/C14H16O6/c1-7-14(3,18)10-5-4-9(6-19-8(2)15)12(16)11(10)13(17)20-7/h4-5,7,16,18H,6H2,1-3H3. The lowest BCUT2D eigenvalue weighted by atomic mass is 9.84. The molecule has 1 aromatic carbocycles. The first kappa shape index (κ1) is 14.3. The number of carbonyl (C=O) groups is 2. The second-order valence-corrected chi connectivity index (χ2v) is 4.97. The Morgan fingerprint density at radius 3 is 2.75 bits per heavy atom. The van der Waals surface area contributed by atoms with Crippen LogP contribution in [0.2, 0.25) is 0 Å². The average Bonchev–Trinajstić information content (AvgIpc) is 2.34. The third-order valence-electron chi connectivity index (χ3n) is 3.52. The van der Waals surface area contributed by atoms with Crippen molar-refractivity contribution in [1.29, 1.82) is 0 Å². The number of aliphatic hydroxyl groups is 1. The molecule has 0 saturated heterocycles. The number of benzene rings is 1. The summed E-state index contributed by atoms with van der Waals surface area (Å²) in [5.74, 6) is -1.53. The van der Waals surface area contributed by atoms with Crippen LogP contribution in [0.4, 0.5) is 0 Å². The van der Waals surface area contributed by atoms with Gasteiger partial charge < -0.3 is 19.7 Å². The average molecular weight is 280 g/mol. The molecule has 6 nitrogen and oxygen atoms in total. The number of aromatic hydroxyl groups is 1. The molecule has 0 radical (unpaired) electrons. The molecule has 1 aliphatic rings. The lowest BCUT2D eigenvalue weighted by Gasteiger charge is -2.36. The Morgan fingerprint density at radius 2 is 2.15 bits per heavy atom. The van der Waals surface area contributed by atoms with Gasteiger partial charge in [0.15, 0.2) is 0 Å². The molecular formula is C14H16O6. The van der Waals surface area contributed by atoms with Gasteiger partial charge >= 0.3 is 11.9 Å². The Balaban J connectivity index is 2.49. The van der Waals surface area contributed by atoms with Gasteiger partial charge in [-0.3, -0.25) is 4.79 Å². The predicted octanol–water partition coefficient (Wildman–Crippen LogP) is 1.22. The third-order valence-corrected chi connectivity index (χ3v) is 3.52.